The molecule has 0 radical (unpaired) electrons. The number of aryl methyl sites for hydroxylation is 1. The van der Waals surface area contributed by atoms with Crippen molar-refractivity contribution in [1.82, 2.24) is 4.72 Å². The molecule has 0 saturated heterocycles. The normalized spacial score (nSPS) is 13.5. The zero-order valence-electron chi connectivity index (χ0n) is 11.5. The number of halogens is 1. The molecular formula is C13H21BrN2O2S. The van der Waals surface area contributed by atoms with Gasteiger partial charge in [0.2, 0.25) is 10.0 Å². The van der Waals surface area contributed by atoms with Crippen molar-refractivity contribution in [1.29, 1.82) is 0 Å². The van der Waals surface area contributed by atoms with E-state index < -0.39 is 10.0 Å². The van der Waals surface area contributed by atoms with Gasteiger partial charge >= 0.3 is 0 Å². The van der Waals surface area contributed by atoms with E-state index in [1.54, 1.807) is 6.07 Å². The molecule has 0 saturated carbocycles. The Balaban J connectivity index is 3.10. The first-order valence-corrected chi connectivity index (χ1v) is 8.58. The average molecular weight is 349 g/mol. The standard InChI is InChI=1S/C13H21BrN2O2S/c1-4-9(2)8-16-19(17,18)12-6-11(7-15)5-10(3)13(12)14/h5-6,9,16H,4,7-8,15H2,1-3H3. The molecule has 108 valence electrons. The van der Waals surface area contributed by atoms with E-state index in [1.807, 2.05) is 26.8 Å². The van der Waals surface area contributed by atoms with Crippen molar-refractivity contribution in [2.45, 2.75) is 38.6 Å². The molecule has 19 heavy (non-hydrogen) atoms. The van der Waals surface area contributed by atoms with Crippen LogP contribution in [0.25, 0.3) is 0 Å². The highest BCUT2D eigenvalue weighted by atomic mass is 79.9. The smallest absolute Gasteiger partial charge is 0.241 e. The molecular weight excluding hydrogens is 328 g/mol. The minimum atomic E-state index is -3.50. The Morgan fingerprint density at radius 3 is 2.58 bits per heavy atom. The van der Waals surface area contributed by atoms with Gasteiger partial charge in [0.05, 0.1) is 4.90 Å². The lowest BCUT2D eigenvalue weighted by Gasteiger charge is -2.14. The summed E-state index contributed by atoms with van der Waals surface area (Å²) in [5.41, 5.74) is 7.27. The van der Waals surface area contributed by atoms with Crippen LogP contribution in [0.3, 0.4) is 0 Å². The maximum atomic E-state index is 12.3. The molecule has 0 amide bonds. The third kappa shape index (κ3) is 4.27. The number of sulfonamides is 1. The predicted molar refractivity (Wildman–Crippen MR) is 81.4 cm³/mol. The Bertz CT molecular complexity index is 544. The lowest BCUT2D eigenvalue weighted by Crippen LogP contribution is -2.28. The summed E-state index contributed by atoms with van der Waals surface area (Å²) in [7, 11) is -3.50. The molecule has 1 aromatic rings. The van der Waals surface area contributed by atoms with E-state index in [4.69, 9.17) is 5.73 Å². The van der Waals surface area contributed by atoms with Gasteiger partial charge in [-0.15, -0.1) is 0 Å². The Morgan fingerprint density at radius 2 is 2.05 bits per heavy atom. The van der Waals surface area contributed by atoms with Crippen LogP contribution in [0.2, 0.25) is 0 Å². The molecule has 0 heterocycles. The maximum absolute atomic E-state index is 12.3. The summed E-state index contributed by atoms with van der Waals surface area (Å²) in [5.74, 6) is 0.312. The zero-order valence-corrected chi connectivity index (χ0v) is 13.9. The van der Waals surface area contributed by atoms with Gasteiger partial charge in [-0.05, 0) is 46.0 Å². The average Bonchev–Trinajstić information content (AvgIpc) is 2.38. The van der Waals surface area contributed by atoms with Gasteiger partial charge in [-0.25, -0.2) is 13.1 Å². The van der Waals surface area contributed by atoms with Crippen LogP contribution in [0.15, 0.2) is 21.5 Å². The summed E-state index contributed by atoms with van der Waals surface area (Å²) < 4.78 is 27.9. The maximum Gasteiger partial charge on any atom is 0.241 e. The first kappa shape index (κ1) is 16.6. The van der Waals surface area contributed by atoms with E-state index >= 15 is 0 Å². The number of hydrogen-bond donors (Lipinski definition) is 2. The van der Waals surface area contributed by atoms with Crippen molar-refractivity contribution in [3.63, 3.8) is 0 Å². The van der Waals surface area contributed by atoms with Gasteiger partial charge < -0.3 is 5.73 Å². The van der Waals surface area contributed by atoms with Crippen LogP contribution >= 0.6 is 15.9 Å². The number of nitrogens with two attached hydrogens (primary N) is 1. The Hall–Kier alpha value is -0.430. The monoisotopic (exact) mass is 348 g/mol. The van der Waals surface area contributed by atoms with Crippen molar-refractivity contribution < 1.29 is 8.42 Å². The predicted octanol–water partition coefficient (Wildman–Crippen LogP) is 2.54. The fraction of sp³-hybridized carbons (Fsp3) is 0.538. The van der Waals surface area contributed by atoms with Gasteiger partial charge in [0.25, 0.3) is 0 Å². The van der Waals surface area contributed by atoms with Crippen LogP contribution in [-0.4, -0.2) is 15.0 Å². The molecule has 3 N–H and O–H groups in total. The van der Waals surface area contributed by atoms with Crippen LogP contribution in [0.4, 0.5) is 0 Å². The molecule has 1 rings (SSSR count). The van der Waals surface area contributed by atoms with E-state index in [0.717, 1.165) is 17.5 Å². The summed E-state index contributed by atoms with van der Waals surface area (Å²) >= 11 is 3.34. The van der Waals surface area contributed by atoms with Crippen molar-refractivity contribution in [2.24, 2.45) is 11.7 Å². The topological polar surface area (TPSA) is 72.2 Å². The van der Waals surface area contributed by atoms with E-state index in [2.05, 4.69) is 20.7 Å². The summed E-state index contributed by atoms with van der Waals surface area (Å²) in [5, 5.41) is 0. The van der Waals surface area contributed by atoms with E-state index in [0.29, 0.717) is 23.5 Å². The van der Waals surface area contributed by atoms with Crippen LogP contribution in [-0.2, 0) is 16.6 Å². The quantitative estimate of drug-likeness (QED) is 0.829. The number of hydrogen-bond acceptors (Lipinski definition) is 3. The molecule has 0 aliphatic carbocycles. The summed E-state index contributed by atoms with van der Waals surface area (Å²) in [6.07, 6.45) is 0.936. The highest BCUT2D eigenvalue weighted by molar-refractivity contribution is 9.10. The van der Waals surface area contributed by atoms with Gasteiger partial charge in [-0.3, -0.25) is 0 Å². The lowest BCUT2D eigenvalue weighted by molar-refractivity contribution is 0.528. The molecule has 0 aliphatic rings. The summed E-state index contributed by atoms with van der Waals surface area (Å²) in [6, 6.07) is 3.51. The fourth-order valence-electron chi connectivity index (χ4n) is 1.60. The molecule has 0 aromatic heterocycles. The number of nitrogens with one attached hydrogen (secondary N) is 1. The van der Waals surface area contributed by atoms with Gasteiger partial charge in [0.1, 0.15) is 0 Å². The third-order valence-corrected chi connectivity index (χ3v) is 5.89. The molecule has 6 heteroatoms. The molecule has 0 bridgehead atoms. The minimum Gasteiger partial charge on any atom is -0.326 e. The van der Waals surface area contributed by atoms with Crippen LogP contribution in [0, 0.1) is 12.8 Å². The second-order valence-corrected chi connectivity index (χ2v) is 7.32. The summed E-state index contributed by atoms with van der Waals surface area (Å²) in [6.45, 7) is 6.67. The van der Waals surface area contributed by atoms with E-state index in [1.165, 1.54) is 0 Å². The van der Waals surface area contributed by atoms with E-state index in [9.17, 15) is 8.42 Å². The molecule has 4 nitrogen and oxygen atoms in total. The largest absolute Gasteiger partial charge is 0.326 e. The molecule has 1 aromatic carbocycles. The first-order valence-electron chi connectivity index (χ1n) is 6.30. The van der Waals surface area contributed by atoms with Crippen molar-refractivity contribution >= 4 is 26.0 Å². The molecule has 1 unspecified atom stereocenters. The molecule has 1 atom stereocenters. The Morgan fingerprint density at radius 1 is 1.42 bits per heavy atom. The fourth-order valence-corrected chi connectivity index (χ4v) is 3.83. The first-order chi connectivity index (χ1) is 8.81. The number of rotatable bonds is 6. The second-order valence-electron chi connectivity index (χ2n) is 4.79. The summed E-state index contributed by atoms with van der Waals surface area (Å²) in [4.78, 5) is 0.260. The van der Waals surface area contributed by atoms with E-state index in [-0.39, 0.29) is 4.90 Å². The van der Waals surface area contributed by atoms with Crippen LogP contribution in [0.1, 0.15) is 31.4 Å². The zero-order chi connectivity index (χ0) is 14.6. The highest BCUT2D eigenvalue weighted by Gasteiger charge is 2.20. The minimum absolute atomic E-state index is 0.260. The Kier molecular flexibility index (Phi) is 5.98. The third-order valence-electron chi connectivity index (χ3n) is 3.12. The van der Waals surface area contributed by atoms with Crippen molar-refractivity contribution in [3.05, 3.63) is 27.7 Å². The van der Waals surface area contributed by atoms with Gasteiger partial charge in [0, 0.05) is 17.6 Å². The van der Waals surface area contributed by atoms with Crippen molar-refractivity contribution in [2.75, 3.05) is 6.54 Å². The van der Waals surface area contributed by atoms with Crippen LogP contribution < -0.4 is 10.5 Å². The van der Waals surface area contributed by atoms with Gasteiger partial charge in [0.15, 0.2) is 0 Å². The molecule has 0 fully saturated rings. The SMILES string of the molecule is CCC(C)CNS(=O)(=O)c1cc(CN)cc(C)c1Br. The van der Waals surface area contributed by atoms with Crippen LogP contribution in [0.5, 0.6) is 0 Å². The van der Waals surface area contributed by atoms with Crippen molar-refractivity contribution in [3.8, 4) is 0 Å². The van der Waals surface area contributed by atoms with Gasteiger partial charge in [-0.1, -0.05) is 26.3 Å². The molecule has 0 aliphatic heterocycles. The highest BCUT2D eigenvalue weighted by Crippen LogP contribution is 2.27. The van der Waals surface area contributed by atoms with Gasteiger partial charge in [-0.2, -0.15) is 0 Å². The second kappa shape index (κ2) is 6.83. The lowest BCUT2D eigenvalue weighted by atomic mass is 10.1. The molecule has 0 spiro atoms. The Labute approximate surface area is 124 Å². The number of benzene rings is 1.